The van der Waals surface area contributed by atoms with E-state index in [0.29, 0.717) is 6.04 Å². The highest BCUT2D eigenvalue weighted by Crippen LogP contribution is 2.13. The zero-order valence-corrected chi connectivity index (χ0v) is 9.58. The van der Waals surface area contributed by atoms with E-state index in [1.165, 1.54) is 12.8 Å². The second-order valence-electron chi connectivity index (χ2n) is 4.06. The molecule has 15 heavy (non-hydrogen) atoms. The molecule has 0 aromatic carbocycles. The lowest BCUT2D eigenvalue weighted by atomic mass is 10.1. The normalized spacial score (nSPS) is 23.3. The Morgan fingerprint density at radius 3 is 2.53 bits per heavy atom. The van der Waals surface area contributed by atoms with Crippen LogP contribution in [-0.4, -0.2) is 48.6 Å². The van der Waals surface area contributed by atoms with E-state index in [-0.39, 0.29) is 0 Å². The minimum Gasteiger partial charge on any atom is -0.290 e. The summed E-state index contributed by atoms with van der Waals surface area (Å²) in [7, 11) is 0. The molecule has 0 radical (unpaired) electrons. The van der Waals surface area contributed by atoms with E-state index in [1.807, 2.05) is 0 Å². The quantitative estimate of drug-likeness (QED) is 0.631. The van der Waals surface area contributed by atoms with Gasteiger partial charge in [-0.15, -0.1) is 12.8 Å². The minimum atomic E-state index is 0.591. The minimum absolute atomic E-state index is 0.591. The highest BCUT2D eigenvalue weighted by molar-refractivity contribution is 4.96. The molecule has 0 spiro atoms. The topological polar surface area (TPSA) is 6.48 Å². The lowest BCUT2D eigenvalue weighted by molar-refractivity contribution is 0.0889. The van der Waals surface area contributed by atoms with Crippen LogP contribution < -0.4 is 0 Å². The molecule has 2 heteroatoms. The molecule has 0 aromatic rings. The molecule has 0 amide bonds. The molecule has 1 atom stereocenters. The lowest BCUT2D eigenvalue weighted by Gasteiger charge is -2.40. The molecule has 1 unspecified atom stereocenters. The fraction of sp³-hybridized carbons (Fsp3) is 0.692. The van der Waals surface area contributed by atoms with Crippen molar-refractivity contribution in [2.75, 3.05) is 32.7 Å². The zero-order valence-electron chi connectivity index (χ0n) is 9.58. The molecule has 1 rings (SSSR count). The van der Waals surface area contributed by atoms with Crippen LogP contribution in [0.3, 0.4) is 0 Å². The van der Waals surface area contributed by atoms with Gasteiger partial charge in [0, 0.05) is 25.7 Å². The number of nitrogens with zero attached hydrogens (tertiary/aromatic N) is 2. The van der Waals surface area contributed by atoms with Crippen molar-refractivity contribution in [3.63, 3.8) is 0 Å². The molecule has 1 aliphatic heterocycles. The summed E-state index contributed by atoms with van der Waals surface area (Å²) < 4.78 is 0. The molecule has 1 heterocycles. The van der Waals surface area contributed by atoms with Gasteiger partial charge in [0.1, 0.15) is 0 Å². The standard InChI is InChI=1S/C13H20N2/c1-4-7-13-12-14(8-5-2)10-11-15(13)9-6-3/h2-3,13H,4,7-12H2,1H3. The SMILES string of the molecule is C#CCN1CCN(CC#C)C(CCC)C1. The summed E-state index contributed by atoms with van der Waals surface area (Å²) in [5, 5.41) is 0. The number of piperazine rings is 1. The third-order valence-corrected chi connectivity index (χ3v) is 2.92. The summed E-state index contributed by atoms with van der Waals surface area (Å²) in [4.78, 5) is 4.74. The average molecular weight is 204 g/mol. The predicted octanol–water partition coefficient (Wildman–Crippen LogP) is 1.04. The Labute approximate surface area is 93.6 Å². The van der Waals surface area contributed by atoms with Crippen LogP contribution in [0.4, 0.5) is 0 Å². The van der Waals surface area contributed by atoms with Crippen molar-refractivity contribution in [1.82, 2.24) is 9.80 Å². The molecular formula is C13H20N2. The Morgan fingerprint density at radius 2 is 1.93 bits per heavy atom. The maximum Gasteiger partial charge on any atom is 0.0602 e. The molecular weight excluding hydrogens is 184 g/mol. The maximum atomic E-state index is 5.37. The Kier molecular flexibility index (Phi) is 5.26. The molecule has 0 N–H and O–H groups in total. The molecule has 0 bridgehead atoms. The van der Waals surface area contributed by atoms with Gasteiger partial charge in [0.15, 0.2) is 0 Å². The van der Waals surface area contributed by atoms with Crippen LogP contribution in [0.25, 0.3) is 0 Å². The summed E-state index contributed by atoms with van der Waals surface area (Å²) in [6.45, 7) is 6.93. The monoisotopic (exact) mass is 204 g/mol. The highest BCUT2D eigenvalue weighted by atomic mass is 15.3. The fourth-order valence-electron chi connectivity index (χ4n) is 2.16. The van der Waals surface area contributed by atoms with E-state index in [0.717, 1.165) is 32.7 Å². The van der Waals surface area contributed by atoms with Gasteiger partial charge in [-0.3, -0.25) is 9.80 Å². The third-order valence-electron chi connectivity index (χ3n) is 2.92. The largest absolute Gasteiger partial charge is 0.290 e. The van der Waals surface area contributed by atoms with Crippen molar-refractivity contribution in [1.29, 1.82) is 0 Å². The first-order valence-corrected chi connectivity index (χ1v) is 5.65. The van der Waals surface area contributed by atoms with Gasteiger partial charge in [-0.2, -0.15) is 0 Å². The molecule has 1 aliphatic rings. The number of hydrogen-bond acceptors (Lipinski definition) is 2. The fourth-order valence-corrected chi connectivity index (χ4v) is 2.16. The van der Waals surface area contributed by atoms with Crippen LogP contribution in [-0.2, 0) is 0 Å². The molecule has 0 aromatic heterocycles. The van der Waals surface area contributed by atoms with Crippen molar-refractivity contribution < 1.29 is 0 Å². The molecule has 1 fully saturated rings. The van der Waals surface area contributed by atoms with E-state index in [4.69, 9.17) is 12.8 Å². The van der Waals surface area contributed by atoms with Crippen molar-refractivity contribution >= 4 is 0 Å². The van der Waals surface area contributed by atoms with Crippen LogP contribution in [0.1, 0.15) is 19.8 Å². The molecule has 0 aliphatic carbocycles. The maximum absolute atomic E-state index is 5.37. The first kappa shape index (κ1) is 12.1. The van der Waals surface area contributed by atoms with E-state index in [2.05, 4.69) is 28.6 Å². The Morgan fingerprint density at radius 1 is 1.20 bits per heavy atom. The predicted molar refractivity (Wildman–Crippen MR) is 64.4 cm³/mol. The first-order valence-electron chi connectivity index (χ1n) is 5.65. The van der Waals surface area contributed by atoms with Gasteiger partial charge < -0.3 is 0 Å². The van der Waals surface area contributed by atoms with Crippen LogP contribution >= 0.6 is 0 Å². The second-order valence-corrected chi connectivity index (χ2v) is 4.06. The number of rotatable bonds is 4. The second kappa shape index (κ2) is 6.51. The van der Waals surface area contributed by atoms with Gasteiger partial charge in [-0.1, -0.05) is 25.2 Å². The van der Waals surface area contributed by atoms with Gasteiger partial charge in [0.25, 0.3) is 0 Å². The third kappa shape index (κ3) is 3.59. The summed E-state index contributed by atoms with van der Waals surface area (Å²) in [6, 6.07) is 0.591. The van der Waals surface area contributed by atoms with Gasteiger partial charge in [-0.05, 0) is 6.42 Å². The van der Waals surface area contributed by atoms with Crippen LogP contribution in [0.5, 0.6) is 0 Å². The van der Waals surface area contributed by atoms with E-state index in [9.17, 15) is 0 Å². The first-order chi connectivity index (χ1) is 7.31. The lowest BCUT2D eigenvalue weighted by Crippen LogP contribution is -2.53. The van der Waals surface area contributed by atoms with E-state index < -0.39 is 0 Å². The van der Waals surface area contributed by atoms with Gasteiger partial charge in [0.05, 0.1) is 13.1 Å². The van der Waals surface area contributed by atoms with Gasteiger partial charge in [-0.25, -0.2) is 0 Å². The van der Waals surface area contributed by atoms with Crippen LogP contribution in [0.2, 0.25) is 0 Å². The van der Waals surface area contributed by atoms with Crippen LogP contribution in [0, 0.1) is 24.7 Å². The van der Waals surface area contributed by atoms with Crippen molar-refractivity contribution in [3.05, 3.63) is 0 Å². The van der Waals surface area contributed by atoms with Gasteiger partial charge in [0.2, 0.25) is 0 Å². The van der Waals surface area contributed by atoms with Crippen molar-refractivity contribution in [2.45, 2.75) is 25.8 Å². The molecule has 82 valence electrons. The molecule has 1 saturated heterocycles. The van der Waals surface area contributed by atoms with Crippen molar-refractivity contribution in [2.24, 2.45) is 0 Å². The molecule has 0 saturated carbocycles. The Hall–Kier alpha value is -0.960. The Bertz CT molecular complexity index is 259. The Balaban J connectivity index is 2.50. The zero-order chi connectivity index (χ0) is 11.1. The van der Waals surface area contributed by atoms with Crippen LogP contribution in [0.15, 0.2) is 0 Å². The summed E-state index contributed by atoms with van der Waals surface area (Å²) in [5.41, 5.74) is 0. The summed E-state index contributed by atoms with van der Waals surface area (Å²) in [5.74, 6) is 5.45. The van der Waals surface area contributed by atoms with Gasteiger partial charge >= 0.3 is 0 Å². The van der Waals surface area contributed by atoms with E-state index in [1.54, 1.807) is 0 Å². The van der Waals surface area contributed by atoms with E-state index >= 15 is 0 Å². The summed E-state index contributed by atoms with van der Waals surface area (Å²) >= 11 is 0. The smallest absolute Gasteiger partial charge is 0.0602 e. The molecule has 2 nitrogen and oxygen atoms in total. The number of terminal acetylenes is 2. The number of hydrogen-bond donors (Lipinski definition) is 0. The highest BCUT2D eigenvalue weighted by Gasteiger charge is 2.24. The van der Waals surface area contributed by atoms with Crippen molar-refractivity contribution in [3.8, 4) is 24.7 Å². The average Bonchev–Trinajstić information content (AvgIpc) is 2.23. The summed E-state index contributed by atoms with van der Waals surface area (Å²) in [6.07, 6.45) is 13.1.